The molecule has 0 bridgehead atoms. The fourth-order valence-electron chi connectivity index (χ4n) is 4.62. The number of H-pyrrole nitrogens is 2. The predicted molar refractivity (Wildman–Crippen MR) is 151 cm³/mol. The highest BCUT2D eigenvalue weighted by atomic mass is 16.5. The van der Waals surface area contributed by atoms with E-state index in [1.54, 1.807) is 12.4 Å². The molecule has 3 aromatic heterocycles. The van der Waals surface area contributed by atoms with Crippen LogP contribution >= 0.6 is 0 Å². The third-order valence-corrected chi connectivity index (χ3v) is 6.61. The number of carbonyl (C=O) groups excluding carboxylic acids is 1. The van der Waals surface area contributed by atoms with Crippen molar-refractivity contribution in [3.8, 4) is 11.4 Å². The number of benzene rings is 3. The van der Waals surface area contributed by atoms with Crippen LogP contribution in [0.15, 0.2) is 91.3 Å². The largest absolute Gasteiger partial charge is 0.468 e. The highest BCUT2D eigenvalue weighted by Gasteiger charge is 2.19. The van der Waals surface area contributed by atoms with Gasteiger partial charge in [-0.05, 0) is 53.8 Å². The maximum atomic E-state index is 12.4. The summed E-state index contributed by atoms with van der Waals surface area (Å²) in [5.74, 6) is 1.04. The van der Waals surface area contributed by atoms with Crippen LogP contribution in [0, 0.1) is 0 Å². The molecule has 39 heavy (non-hydrogen) atoms. The maximum absolute atomic E-state index is 12.4. The molecule has 0 aliphatic rings. The topological polar surface area (TPSA) is 121 Å². The number of fused-ring (bicyclic) bond motifs is 2. The lowest BCUT2D eigenvalue weighted by molar-refractivity contribution is -0.143. The Labute approximate surface area is 224 Å². The zero-order valence-corrected chi connectivity index (χ0v) is 21.3. The average molecular weight is 518 g/mol. The number of hydrogen-bond acceptors (Lipinski definition) is 7. The van der Waals surface area contributed by atoms with E-state index in [9.17, 15) is 4.79 Å². The van der Waals surface area contributed by atoms with Gasteiger partial charge >= 0.3 is 5.97 Å². The molecule has 0 radical (unpaired) electrons. The Morgan fingerprint density at radius 2 is 1.87 bits per heavy atom. The van der Waals surface area contributed by atoms with E-state index in [1.165, 1.54) is 7.11 Å². The Hall–Kier alpha value is -5.02. The molecule has 9 nitrogen and oxygen atoms in total. The second kappa shape index (κ2) is 10.8. The zero-order valence-electron chi connectivity index (χ0n) is 21.3. The van der Waals surface area contributed by atoms with Gasteiger partial charge in [-0.25, -0.2) is 9.97 Å². The molecule has 9 heteroatoms. The van der Waals surface area contributed by atoms with Crippen molar-refractivity contribution in [3.05, 3.63) is 103 Å². The van der Waals surface area contributed by atoms with Gasteiger partial charge in [0.1, 0.15) is 11.9 Å². The first-order valence-electron chi connectivity index (χ1n) is 12.6. The van der Waals surface area contributed by atoms with Crippen molar-refractivity contribution in [1.29, 1.82) is 0 Å². The van der Waals surface area contributed by atoms with Crippen molar-refractivity contribution in [1.82, 2.24) is 30.5 Å². The van der Waals surface area contributed by atoms with E-state index in [0.717, 1.165) is 44.3 Å². The van der Waals surface area contributed by atoms with Gasteiger partial charge in [-0.3, -0.25) is 15.2 Å². The Morgan fingerprint density at radius 3 is 2.74 bits per heavy atom. The van der Waals surface area contributed by atoms with Gasteiger partial charge in [-0.1, -0.05) is 42.5 Å². The van der Waals surface area contributed by atoms with Crippen molar-refractivity contribution in [2.45, 2.75) is 19.0 Å². The van der Waals surface area contributed by atoms with E-state index < -0.39 is 6.04 Å². The number of anilines is 2. The number of ether oxygens (including phenoxy) is 1. The first-order chi connectivity index (χ1) is 19.1. The molecule has 1 atom stereocenters. The first-order valence-corrected chi connectivity index (χ1v) is 12.6. The van der Waals surface area contributed by atoms with Gasteiger partial charge < -0.3 is 15.0 Å². The van der Waals surface area contributed by atoms with Crippen LogP contribution in [0.1, 0.15) is 11.3 Å². The van der Waals surface area contributed by atoms with Crippen LogP contribution in [0.25, 0.3) is 33.2 Å². The Bertz CT molecular complexity index is 1740. The smallest absolute Gasteiger partial charge is 0.323 e. The van der Waals surface area contributed by atoms with Crippen LogP contribution in [-0.2, 0) is 22.5 Å². The van der Waals surface area contributed by atoms with Crippen LogP contribution in [-0.4, -0.2) is 44.3 Å². The first kappa shape index (κ1) is 24.3. The Balaban J connectivity index is 1.17. The molecule has 1 unspecified atom stereocenters. The SMILES string of the molecule is COC(=O)C(Cc1ccccc1)NCc1cc2ccc(-c3nccc(Nc4ccc5[nH]ncc5c4)n3)cc2[nH]1. The number of methoxy groups -OCH3 is 1. The number of nitrogens with zero attached hydrogens (tertiary/aromatic N) is 3. The standard InChI is InChI=1S/C30H27N7O2/c1-39-30(38)27(13-19-5-3-2-4-6-19)32-18-24-14-20-7-8-21(16-26(20)34-24)29-31-12-11-28(36-29)35-23-9-10-25-22(15-23)17-33-37-25/h2-12,14-17,27,32,34H,13,18H2,1H3,(H,33,37)(H,31,35,36). The number of aromatic amines is 2. The molecule has 0 aliphatic carbocycles. The van der Waals surface area contributed by atoms with Crippen molar-refractivity contribution in [2.24, 2.45) is 0 Å². The van der Waals surface area contributed by atoms with E-state index in [2.05, 4.69) is 36.9 Å². The maximum Gasteiger partial charge on any atom is 0.323 e. The highest BCUT2D eigenvalue weighted by molar-refractivity contribution is 5.85. The van der Waals surface area contributed by atoms with Gasteiger partial charge in [-0.15, -0.1) is 0 Å². The summed E-state index contributed by atoms with van der Waals surface area (Å²) < 4.78 is 5.02. The molecular formula is C30H27N7O2. The lowest BCUT2D eigenvalue weighted by Gasteiger charge is -2.16. The Kier molecular flexibility index (Phi) is 6.71. The second-order valence-corrected chi connectivity index (χ2v) is 9.31. The van der Waals surface area contributed by atoms with Crippen LogP contribution in [0.2, 0.25) is 0 Å². The van der Waals surface area contributed by atoms with Gasteiger partial charge in [0.25, 0.3) is 0 Å². The van der Waals surface area contributed by atoms with E-state index >= 15 is 0 Å². The molecule has 0 fully saturated rings. The van der Waals surface area contributed by atoms with E-state index in [4.69, 9.17) is 9.72 Å². The fourth-order valence-corrected chi connectivity index (χ4v) is 4.62. The van der Waals surface area contributed by atoms with Crippen molar-refractivity contribution in [3.63, 3.8) is 0 Å². The molecule has 6 rings (SSSR count). The number of esters is 1. The molecule has 194 valence electrons. The summed E-state index contributed by atoms with van der Waals surface area (Å²) in [6.45, 7) is 0.494. The van der Waals surface area contributed by atoms with Crippen molar-refractivity contribution < 1.29 is 9.53 Å². The van der Waals surface area contributed by atoms with Crippen LogP contribution < -0.4 is 10.6 Å². The Morgan fingerprint density at radius 1 is 0.974 bits per heavy atom. The van der Waals surface area contributed by atoms with E-state index in [0.29, 0.717) is 24.6 Å². The number of aromatic nitrogens is 5. The van der Waals surface area contributed by atoms with Gasteiger partial charge in [0, 0.05) is 40.6 Å². The molecular weight excluding hydrogens is 490 g/mol. The fraction of sp³-hybridized carbons (Fsp3) is 0.133. The summed E-state index contributed by atoms with van der Waals surface area (Å²) in [6, 6.07) is 25.5. The number of rotatable bonds is 9. The van der Waals surface area contributed by atoms with Crippen molar-refractivity contribution in [2.75, 3.05) is 12.4 Å². The molecule has 0 amide bonds. The highest BCUT2D eigenvalue weighted by Crippen LogP contribution is 2.25. The van der Waals surface area contributed by atoms with Crippen molar-refractivity contribution >= 4 is 39.3 Å². The molecule has 0 saturated carbocycles. The normalized spacial score (nSPS) is 12.0. The third-order valence-electron chi connectivity index (χ3n) is 6.61. The molecule has 0 saturated heterocycles. The van der Waals surface area contributed by atoms with Gasteiger partial charge in [-0.2, -0.15) is 5.10 Å². The summed E-state index contributed by atoms with van der Waals surface area (Å²) in [7, 11) is 1.41. The predicted octanol–water partition coefficient (Wildman–Crippen LogP) is 5.12. The lowest BCUT2D eigenvalue weighted by Crippen LogP contribution is -2.39. The molecule has 3 aromatic carbocycles. The minimum atomic E-state index is -0.447. The quantitative estimate of drug-likeness (QED) is 0.197. The minimum Gasteiger partial charge on any atom is -0.468 e. The van der Waals surface area contributed by atoms with E-state index in [-0.39, 0.29) is 5.97 Å². The van der Waals surface area contributed by atoms with Crippen LogP contribution in [0.5, 0.6) is 0 Å². The number of hydrogen-bond donors (Lipinski definition) is 4. The summed E-state index contributed by atoms with van der Waals surface area (Å²) >= 11 is 0. The molecule has 4 N–H and O–H groups in total. The van der Waals surface area contributed by atoms with Gasteiger partial charge in [0.2, 0.25) is 0 Å². The lowest BCUT2D eigenvalue weighted by atomic mass is 10.1. The molecule has 6 aromatic rings. The van der Waals surface area contributed by atoms with Gasteiger partial charge in [0.05, 0.1) is 18.8 Å². The summed E-state index contributed by atoms with van der Waals surface area (Å²) in [6.07, 6.45) is 4.09. The zero-order chi connectivity index (χ0) is 26.6. The molecule has 0 aliphatic heterocycles. The number of nitrogens with one attached hydrogen (secondary N) is 4. The van der Waals surface area contributed by atoms with Crippen LogP contribution in [0.4, 0.5) is 11.5 Å². The van der Waals surface area contributed by atoms with E-state index in [1.807, 2.05) is 72.8 Å². The summed E-state index contributed by atoms with van der Waals surface area (Å²) in [4.78, 5) is 25.1. The monoisotopic (exact) mass is 517 g/mol. The van der Waals surface area contributed by atoms with Crippen LogP contribution in [0.3, 0.4) is 0 Å². The second-order valence-electron chi connectivity index (χ2n) is 9.31. The molecule has 3 heterocycles. The third kappa shape index (κ3) is 5.48. The number of carbonyl (C=O) groups is 1. The average Bonchev–Trinajstić information content (AvgIpc) is 3.61. The summed E-state index contributed by atoms with van der Waals surface area (Å²) in [5, 5.41) is 15.8. The summed E-state index contributed by atoms with van der Waals surface area (Å²) in [5.41, 5.74) is 5.80. The molecule has 0 spiro atoms. The van der Waals surface area contributed by atoms with Gasteiger partial charge in [0.15, 0.2) is 5.82 Å². The minimum absolute atomic E-state index is 0.285.